The van der Waals surface area contributed by atoms with Gasteiger partial charge in [-0.05, 0) is 48.7 Å². The van der Waals surface area contributed by atoms with Gasteiger partial charge in [0.25, 0.3) is 0 Å². The molecule has 30 heavy (non-hydrogen) atoms. The second-order valence-electron chi connectivity index (χ2n) is 6.67. The summed E-state index contributed by atoms with van der Waals surface area (Å²) in [5.74, 6) is 1.13. The molecule has 1 saturated heterocycles. The van der Waals surface area contributed by atoms with Gasteiger partial charge < -0.3 is 9.64 Å². The molecule has 0 aliphatic carbocycles. The highest BCUT2D eigenvalue weighted by Gasteiger charge is 2.31. The molecule has 3 heterocycles. The molecule has 1 fully saturated rings. The van der Waals surface area contributed by atoms with Gasteiger partial charge in [0.15, 0.2) is 5.82 Å². The quantitative estimate of drug-likeness (QED) is 0.502. The molecule has 4 rings (SSSR count). The second kappa shape index (κ2) is 9.01. The predicted molar refractivity (Wildman–Crippen MR) is 122 cm³/mol. The number of nitrogens with zero attached hydrogens (tertiary/aromatic N) is 4. The minimum absolute atomic E-state index is 0.187. The van der Waals surface area contributed by atoms with Crippen LogP contribution in [-0.4, -0.2) is 55.7 Å². The first-order valence-corrected chi connectivity index (χ1v) is 12.7. The van der Waals surface area contributed by atoms with Crippen molar-refractivity contribution in [3.05, 3.63) is 52.3 Å². The fourth-order valence-electron chi connectivity index (χ4n) is 3.30. The maximum absolute atomic E-state index is 13.2. The number of aromatic nitrogens is 2. The minimum atomic E-state index is -3.66. The van der Waals surface area contributed by atoms with Crippen LogP contribution in [0.4, 0.5) is 5.82 Å². The van der Waals surface area contributed by atoms with Crippen molar-refractivity contribution in [3.63, 3.8) is 0 Å². The van der Waals surface area contributed by atoms with Gasteiger partial charge in [-0.3, -0.25) is 0 Å². The van der Waals surface area contributed by atoms with Crippen LogP contribution in [-0.2, 0) is 10.0 Å². The number of benzene rings is 1. The van der Waals surface area contributed by atoms with Gasteiger partial charge in [-0.15, -0.1) is 21.5 Å². The molecule has 0 radical (unpaired) electrons. The lowest BCUT2D eigenvalue weighted by Gasteiger charge is -2.34. The Labute approximate surface area is 188 Å². The van der Waals surface area contributed by atoms with Crippen LogP contribution < -0.4 is 9.64 Å². The van der Waals surface area contributed by atoms with Crippen LogP contribution in [0.1, 0.15) is 6.92 Å². The lowest BCUT2D eigenvalue weighted by Crippen LogP contribution is -2.49. The van der Waals surface area contributed by atoms with Gasteiger partial charge in [0, 0.05) is 30.7 Å². The zero-order valence-corrected chi connectivity index (χ0v) is 19.6. The van der Waals surface area contributed by atoms with Crippen LogP contribution in [0.5, 0.6) is 5.75 Å². The van der Waals surface area contributed by atoms with Gasteiger partial charge in [0.1, 0.15) is 16.3 Å². The lowest BCUT2D eigenvalue weighted by atomic mass is 10.3. The summed E-state index contributed by atoms with van der Waals surface area (Å²) in [5.41, 5.74) is 0.841. The van der Waals surface area contributed by atoms with E-state index in [9.17, 15) is 8.42 Å². The fourth-order valence-corrected chi connectivity index (χ4v) is 6.09. The molecule has 0 amide bonds. The van der Waals surface area contributed by atoms with E-state index in [1.165, 1.54) is 4.31 Å². The summed E-state index contributed by atoms with van der Waals surface area (Å²) in [7, 11) is -3.66. The topological polar surface area (TPSA) is 75.6 Å². The summed E-state index contributed by atoms with van der Waals surface area (Å²) in [6.07, 6.45) is 0. The molecule has 1 aliphatic rings. The Balaban J connectivity index is 1.47. The minimum Gasteiger partial charge on any atom is -0.492 e. The third kappa shape index (κ3) is 4.36. The van der Waals surface area contributed by atoms with E-state index in [-0.39, 0.29) is 4.90 Å². The molecule has 158 valence electrons. The van der Waals surface area contributed by atoms with Gasteiger partial charge in [-0.25, -0.2) is 8.42 Å². The first kappa shape index (κ1) is 21.2. The standard InChI is InChI=1S/C20H21BrN4O3S2/c1-2-28-17-7-5-15(21)14-19(17)30(26,27)25-11-9-24(10-12-25)20-8-6-16(22-23-20)18-4-3-13-29-18/h3-8,13-14H,2,9-12H2,1H3. The SMILES string of the molecule is CCOc1ccc(Br)cc1S(=O)(=O)N1CCN(c2ccc(-c3cccs3)nn2)CC1. The molecule has 0 bridgehead atoms. The first-order valence-electron chi connectivity index (χ1n) is 9.54. The molecule has 0 saturated carbocycles. The number of halogens is 1. The highest BCUT2D eigenvalue weighted by atomic mass is 79.9. The zero-order valence-electron chi connectivity index (χ0n) is 16.4. The number of hydrogen-bond donors (Lipinski definition) is 0. The smallest absolute Gasteiger partial charge is 0.246 e. The van der Waals surface area contributed by atoms with Crippen molar-refractivity contribution in [2.75, 3.05) is 37.7 Å². The molecule has 0 unspecified atom stereocenters. The van der Waals surface area contributed by atoms with Crippen LogP contribution in [0.3, 0.4) is 0 Å². The van der Waals surface area contributed by atoms with Crippen LogP contribution in [0, 0.1) is 0 Å². The van der Waals surface area contributed by atoms with Gasteiger partial charge >= 0.3 is 0 Å². The summed E-state index contributed by atoms with van der Waals surface area (Å²) in [4.78, 5) is 3.32. The van der Waals surface area contributed by atoms with Gasteiger partial charge in [0.05, 0.1) is 11.5 Å². The molecule has 1 aromatic carbocycles. The number of rotatable bonds is 6. The molecule has 3 aromatic rings. The molecule has 10 heteroatoms. The number of anilines is 1. The fraction of sp³-hybridized carbons (Fsp3) is 0.300. The van der Waals surface area contributed by atoms with Crippen LogP contribution in [0.2, 0.25) is 0 Å². The molecule has 0 N–H and O–H groups in total. The highest BCUT2D eigenvalue weighted by Crippen LogP contribution is 2.31. The van der Waals surface area contributed by atoms with Crippen molar-refractivity contribution < 1.29 is 13.2 Å². The molecule has 1 aliphatic heterocycles. The van der Waals surface area contributed by atoms with Crippen molar-refractivity contribution in [1.29, 1.82) is 0 Å². The second-order valence-corrected chi connectivity index (χ2v) is 10.4. The Hall–Kier alpha value is -2.01. The van der Waals surface area contributed by atoms with E-state index < -0.39 is 10.0 Å². The van der Waals surface area contributed by atoms with E-state index in [1.54, 1.807) is 29.5 Å². The summed E-state index contributed by atoms with van der Waals surface area (Å²) in [5, 5.41) is 10.7. The number of hydrogen-bond acceptors (Lipinski definition) is 7. The lowest BCUT2D eigenvalue weighted by molar-refractivity contribution is 0.327. The molecule has 0 spiro atoms. The monoisotopic (exact) mass is 508 g/mol. The van der Waals surface area contributed by atoms with Crippen molar-refractivity contribution in [2.24, 2.45) is 0 Å². The molecule has 2 aromatic heterocycles. The van der Waals surface area contributed by atoms with Gasteiger partial charge in [-0.1, -0.05) is 22.0 Å². The highest BCUT2D eigenvalue weighted by molar-refractivity contribution is 9.10. The van der Waals surface area contributed by atoms with Crippen molar-refractivity contribution in [3.8, 4) is 16.3 Å². The maximum atomic E-state index is 13.2. The average Bonchev–Trinajstić information content (AvgIpc) is 3.30. The number of piperazine rings is 1. The van der Waals surface area contributed by atoms with E-state index >= 15 is 0 Å². The molecular formula is C20H21BrN4O3S2. The van der Waals surface area contributed by atoms with Gasteiger partial charge in [0.2, 0.25) is 10.0 Å². The molecular weight excluding hydrogens is 488 g/mol. The Morgan fingerprint density at radius 1 is 1.10 bits per heavy atom. The molecule has 7 nitrogen and oxygen atoms in total. The van der Waals surface area contributed by atoms with E-state index in [1.807, 2.05) is 36.6 Å². The van der Waals surface area contributed by atoms with Gasteiger partial charge in [-0.2, -0.15) is 4.31 Å². The van der Waals surface area contributed by atoms with Crippen molar-refractivity contribution in [1.82, 2.24) is 14.5 Å². The third-order valence-corrected chi connectivity index (χ3v) is 8.12. The maximum Gasteiger partial charge on any atom is 0.246 e. The Morgan fingerprint density at radius 3 is 2.53 bits per heavy atom. The van der Waals surface area contributed by atoms with Crippen molar-refractivity contribution in [2.45, 2.75) is 11.8 Å². The summed E-state index contributed by atoms with van der Waals surface area (Å²) < 4.78 is 34.2. The summed E-state index contributed by atoms with van der Waals surface area (Å²) in [6.45, 7) is 4.07. The Kier molecular flexibility index (Phi) is 6.37. The van der Waals surface area contributed by atoms with E-state index in [4.69, 9.17) is 4.74 Å². The first-order chi connectivity index (χ1) is 14.5. The number of sulfonamides is 1. The Morgan fingerprint density at radius 2 is 1.90 bits per heavy atom. The summed E-state index contributed by atoms with van der Waals surface area (Å²) in [6, 6.07) is 12.9. The van der Waals surface area contributed by atoms with Crippen molar-refractivity contribution >= 4 is 43.1 Å². The zero-order chi connectivity index (χ0) is 21.1. The summed E-state index contributed by atoms with van der Waals surface area (Å²) >= 11 is 4.98. The van der Waals surface area contributed by atoms with E-state index in [0.29, 0.717) is 43.0 Å². The van der Waals surface area contributed by atoms with E-state index in [2.05, 4.69) is 31.0 Å². The predicted octanol–water partition coefficient (Wildman–Crippen LogP) is 3.88. The number of ether oxygens (including phenoxy) is 1. The largest absolute Gasteiger partial charge is 0.492 e. The third-order valence-electron chi connectivity index (χ3n) is 4.81. The Bertz CT molecular complexity index is 1100. The number of thiophene rings is 1. The van der Waals surface area contributed by atoms with E-state index in [0.717, 1.165) is 16.4 Å². The normalized spacial score (nSPS) is 15.3. The van der Waals surface area contributed by atoms with Crippen LogP contribution >= 0.6 is 27.3 Å². The molecule has 0 atom stereocenters. The average molecular weight is 509 g/mol. The van der Waals surface area contributed by atoms with Crippen LogP contribution in [0.25, 0.3) is 10.6 Å². The van der Waals surface area contributed by atoms with Crippen LogP contribution in [0.15, 0.2) is 57.2 Å².